The molecule has 0 aromatic carbocycles. The van der Waals surface area contributed by atoms with Crippen LogP contribution in [0.2, 0.25) is 0 Å². The van der Waals surface area contributed by atoms with E-state index in [1.807, 2.05) is 32.9 Å². The van der Waals surface area contributed by atoms with Crippen LogP contribution in [0.25, 0.3) is 17.1 Å². The molecule has 3 heterocycles. The number of primary amides is 1. The van der Waals surface area contributed by atoms with Crippen molar-refractivity contribution in [3.8, 4) is 6.07 Å². The first-order valence-corrected chi connectivity index (χ1v) is 9.73. The van der Waals surface area contributed by atoms with E-state index in [-0.39, 0.29) is 17.1 Å². The Balaban J connectivity index is 1.71. The first-order chi connectivity index (χ1) is 14.2. The van der Waals surface area contributed by atoms with Crippen LogP contribution in [0, 0.1) is 16.7 Å². The molecule has 2 aromatic heterocycles. The van der Waals surface area contributed by atoms with E-state index in [0.29, 0.717) is 44.0 Å². The Kier molecular flexibility index (Phi) is 5.96. The zero-order valence-electron chi connectivity index (χ0n) is 17.4. The van der Waals surface area contributed by atoms with Crippen LogP contribution in [-0.4, -0.2) is 59.7 Å². The second-order valence-corrected chi connectivity index (χ2v) is 8.46. The molecule has 2 aromatic rings. The lowest BCUT2D eigenvalue weighted by Crippen LogP contribution is -2.49. The quantitative estimate of drug-likeness (QED) is 0.588. The van der Waals surface area contributed by atoms with Crippen LogP contribution in [0.15, 0.2) is 24.0 Å². The summed E-state index contributed by atoms with van der Waals surface area (Å²) in [7, 11) is 0. The van der Waals surface area contributed by atoms with Gasteiger partial charge in [0.2, 0.25) is 0 Å². The van der Waals surface area contributed by atoms with Gasteiger partial charge in [-0.3, -0.25) is 4.79 Å². The third-order valence-electron chi connectivity index (χ3n) is 4.77. The summed E-state index contributed by atoms with van der Waals surface area (Å²) in [6.45, 7) is 8.86. The zero-order valence-corrected chi connectivity index (χ0v) is 17.4. The molecular formula is C21H26N6O3. The highest BCUT2D eigenvalue weighted by Gasteiger charge is 2.24. The van der Waals surface area contributed by atoms with Crippen molar-refractivity contribution in [1.29, 1.82) is 5.26 Å². The fourth-order valence-corrected chi connectivity index (χ4v) is 3.14. The Morgan fingerprint density at radius 3 is 2.63 bits per heavy atom. The topological polar surface area (TPSA) is 128 Å². The van der Waals surface area contributed by atoms with Crippen LogP contribution in [-0.2, 0) is 9.53 Å². The van der Waals surface area contributed by atoms with E-state index in [9.17, 15) is 9.59 Å². The number of pyridine rings is 1. The number of fused-ring (bicyclic) bond motifs is 1. The Morgan fingerprint density at radius 2 is 2.03 bits per heavy atom. The average molecular weight is 410 g/mol. The number of anilines is 1. The molecule has 9 nitrogen and oxygen atoms in total. The number of aromatic nitrogens is 2. The third kappa shape index (κ3) is 4.89. The Bertz CT molecular complexity index is 1020. The number of amides is 2. The van der Waals surface area contributed by atoms with Gasteiger partial charge in [0.15, 0.2) is 0 Å². The van der Waals surface area contributed by atoms with Crippen molar-refractivity contribution in [2.75, 3.05) is 37.7 Å². The summed E-state index contributed by atoms with van der Waals surface area (Å²) in [5, 5.41) is 9.87. The molecule has 2 amide bonds. The predicted molar refractivity (Wildman–Crippen MR) is 113 cm³/mol. The van der Waals surface area contributed by atoms with Crippen molar-refractivity contribution < 1.29 is 14.3 Å². The van der Waals surface area contributed by atoms with Gasteiger partial charge < -0.3 is 25.3 Å². The molecule has 1 saturated heterocycles. The molecule has 0 saturated carbocycles. The number of piperazine rings is 1. The number of ether oxygens (including phenoxy) is 1. The monoisotopic (exact) mass is 410 g/mol. The van der Waals surface area contributed by atoms with Gasteiger partial charge >= 0.3 is 6.09 Å². The number of aromatic amines is 1. The second kappa shape index (κ2) is 8.45. The minimum Gasteiger partial charge on any atom is -0.449 e. The summed E-state index contributed by atoms with van der Waals surface area (Å²) in [5.74, 6) is -0.773. The first kappa shape index (κ1) is 21.2. The van der Waals surface area contributed by atoms with Crippen LogP contribution in [0.4, 0.5) is 10.5 Å². The number of hydrogen-bond donors (Lipinski definition) is 2. The van der Waals surface area contributed by atoms with Crippen molar-refractivity contribution in [2.45, 2.75) is 20.8 Å². The number of nitrogens with zero attached hydrogens (tertiary/aromatic N) is 4. The lowest BCUT2D eigenvalue weighted by molar-refractivity contribution is -0.114. The Morgan fingerprint density at radius 1 is 1.33 bits per heavy atom. The number of carbonyl (C=O) groups excluding carboxylic acids is 2. The maximum Gasteiger partial charge on any atom is 0.409 e. The van der Waals surface area contributed by atoms with Crippen molar-refractivity contribution in [2.24, 2.45) is 11.1 Å². The minimum atomic E-state index is -0.773. The van der Waals surface area contributed by atoms with Crippen molar-refractivity contribution in [3.63, 3.8) is 0 Å². The van der Waals surface area contributed by atoms with E-state index < -0.39 is 5.91 Å². The van der Waals surface area contributed by atoms with Crippen LogP contribution in [0.5, 0.6) is 0 Å². The van der Waals surface area contributed by atoms with Gasteiger partial charge in [0, 0.05) is 43.3 Å². The molecule has 0 unspecified atom stereocenters. The van der Waals surface area contributed by atoms with Crippen LogP contribution >= 0.6 is 0 Å². The van der Waals surface area contributed by atoms with E-state index in [4.69, 9.17) is 15.7 Å². The average Bonchev–Trinajstić information content (AvgIpc) is 3.11. The molecule has 0 radical (unpaired) electrons. The molecule has 30 heavy (non-hydrogen) atoms. The molecule has 158 valence electrons. The molecule has 0 aliphatic carbocycles. The number of nitrogens with one attached hydrogen (secondary N) is 1. The van der Waals surface area contributed by atoms with Crippen molar-refractivity contribution >= 4 is 34.8 Å². The molecule has 1 fully saturated rings. The lowest BCUT2D eigenvalue weighted by atomic mass is 9.99. The molecule has 3 rings (SSSR count). The third-order valence-corrected chi connectivity index (χ3v) is 4.77. The minimum absolute atomic E-state index is 0.0683. The van der Waals surface area contributed by atoms with Gasteiger partial charge in [0.05, 0.1) is 18.5 Å². The van der Waals surface area contributed by atoms with Crippen LogP contribution in [0.1, 0.15) is 26.3 Å². The molecule has 0 bridgehead atoms. The van der Waals surface area contributed by atoms with E-state index in [0.717, 1.165) is 11.1 Å². The van der Waals surface area contributed by atoms with Crippen molar-refractivity contribution in [1.82, 2.24) is 14.9 Å². The maximum absolute atomic E-state index is 12.3. The summed E-state index contributed by atoms with van der Waals surface area (Å²) < 4.78 is 5.40. The molecule has 1 aliphatic heterocycles. The van der Waals surface area contributed by atoms with E-state index in [2.05, 4.69) is 14.9 Å². The van der Waals surface area contributed by atoms with E-state index in [1.165, 1.54) is 6.08 Å². The van der Waals surface area contributed by atoms with E-state index in [1.54, 1.807) is 17.3 Å². The summed E-state index contributed by atoms with van der Waals surface area (Å²) in [6.07, 6.45) is 4.62. The SMILES string of the molecule is CC(C)(C)COC(=O)N1CCN(c2cnc3[nH]cc(/C=C(\C#N)C(N)=O)c3c2)CC1. The second-order valence-electron chi connectivity index (χ2n) is 8.46. The number of nitrogens with two attached hydrogens (primary N) is 1. The normalized spacial score (nSPS) is 15.2. The highest BCUT2D eigenvalue weighted by Crippen LogP contribution is 2.25. The van der Waals surface area contributed by atoms with E-state index >= 15 is 0 Å². The number of carbonyl (C=O) groups is 2. The van der Waals surface area contributed by atoms with Gasteiger partial charge in [-0.1, -0.05) is 20.8 Å². The van der Waals surface area contributed by atoms with Crippen LogP contribution in [0.3, 0.4) is 0 Å². The Labute approximate surface area is 175 Å². The smallest absolute Gasteiger partial charge is 0.409 e. The fourth-order valence-electron chi connectivity index (χ4n) is 3.14. The number of rotatable bonds is 4. The summed E-state index contributed by atoms with van der Waals surface area (Å²) in [6, 6.07) is 3.76. The molecular weight excluding hydrogens is 384 g/mol. The van der Waals surface area contributed by atoms with Crippen LogP contribution < -0.4 is 10.6 Å². The molecule has 0 atom stereocenters. The van der Waals surface area contributed by atoms with Gasteiger partial charge in [-0.15, -0.1) is 0 Å². The summed E-state index contributed by atoms with van der Waals surface area (Å²) in [4.78, 5) is 34.9. The number of H-pyrrole nitrogens is 1. The van der Waals surface area contributed by atoms with Gasteiger partial charge in [-0.05, 0) is 17.6 Å². The summed E-state index contributed by atoms with van der Waals surface area (Å²) in [5.41, 5.74) is 7.26. The van der Waals surface area contributed by atoms with Gasteiger partial charge in [0.25, 0.3) is 5.91 Å². The molecule has 3 N–H and O–H groups in total. The van der Waals surface area contributed by atoms with Gasteiger partial charge in [-0.2, -0.15) is 5.26 Å². The maximum atomic E-state index is 12.3. The van der Waals surface area contributed by atoms with Gasteiger partial charge in [0.1, 0.15) is 17.3 Å². The first-order valence-electron chi connectivity index (χ1n) is 9.73. The number of hydrogen-bond acceptors (Lipinski definition) is 6. The lowest BCUT2D eigenvalue weighted by Gasteiger charge is -2.35. The highest BCUT2D eigenvalue weighted by molar-refractivity contribution is 6.03. The molecule has 1 aliphatic rings. The molecule has 9 heteroatoms. The Hall–Kier alpha value is -3.54. The fraction of sp³-hybridized carbons (Fsp3) is 0.429. The molecule has 0 spiro atoms. The van der Waals surface area contributed by atoms with Gasteiger partial charge in [-0.25, -0.2) is 9.78 Å². The number of nitriles is 1. The largest absolute Gasteiger partial charge is 0.449 e. The summed E-state index contributed by atoms with van der Waals surface area (Å²) >= 11 is 0. The standard InChI is InChI=1S/C21H26N6O3/c1-21(2,3)13-30-20(29)27-6-4-26(5-7-27)16-9-17-15(8-14(10-22)18(23)28)11-24-19(17)25-12-16/h8-9,11-12H,4-7,13H2,1-3H3,(H2,23,28)(H,24,25)/b14-8+. The highest BCUT2D eigenvalue weighted by atomic mass is 16.6. The van der Waals surface area contributed by atoms with Crippen molar-refractivity contribution in [3.05, 3.63) is 29.6 Å². The predicted octanol–water partition coefficient (Wildman–Crippen LogP) is 2.26. The zero-order chi connectivity index (χ0) is 21.9.